The lowest BCUT2D eigenvalue weighted by Crippen LogP contribution is -2.35. The van der Waals surface area contributed by atoms with Gasteiger partial charge in [0.1, 0.15) is 0 Å². The summed E-state index contributed by atoms with van der Waals surface area (Å²) in [6.45, 7) is 0. The van der Waals surface area contributed by atoms with Crippen molar-refractivity contribution < 1.29 is 8.78 Å². The molecule has 0 atom stereocenters. The third kappa shape index (κ3) is 1.88. The molecule has 0 heterocycles. The predicted octanol–water partition coefficient (Wildman–Crippen LogP) is 2.82. The van der Waals surface area contributed by atoms with E-state index in [1.165, 1.54) is 0 Å². The molecule has 9 heavy (non-hydrogen) atoms. The summed E-state index contributed by atoms with van der Waals surface area (Å²) in [6.07, 6.45) is 1.12. The molecule has 0 spiro atoms. The summed E-state index contributed by atoms with van der Waals surface area (Å²) >= 11 is 3.22. The zero-order chi connectivity index (χ0) is 6.91. The number of hydrogen-bond acceptors (Lipinski definition) is 0. The van der Waals surface area contributed by atoms with Crippen LogP contribution in [0.25, 0.3) is 0 Å². The smallest absolute Gasteiger partial charge is 0.207 e. The second-order valence-electron chi connectivity index (χ2n) is 2.61. The summed E-state index contributed by atoms with van der Waals surface area (Å²) in [7, 11) is 0. The second kappa shape index (κ2) is 2.52. The molecule has 0 N–H and O–H groups in total. The van der Waals surface area contributed by atoms with E-state index in [1.807, 2.05) is 0 Å². The molecule has 0 aliphatic heterocycles. The van der Waals surface area contributed by atoms with Gasteiger partial charge in [0.15, 0.2) is 0 Å². The molecule has 54 valence electrons. The molecular formula is C6H9BrF2. The fraction of sp³-hybridized carbons (Fsp3) is 1.00. The van der Waals surface area contributed by atoms with Crippen molar-refractivity contribution in [1.82, 2.24) is 0 Å². The van der Waals surface area contributed by atoms with Crippen molar-refractivity contribution in [2.24, 2.45) is 5.92 Å². The first-order valence-corrected chi connectivity index (χ1v) is 4.20. The molecule has 0 radical (unpaired) electrons. The maximum Gasteiger partial charge on any atom is 0.248 e. The molecule has 3 heteroatoms. The third-order valence-corrected chi connectivity index (χ3v) is 2.15. The fourth-order valence-electron chi connectivity index (χ4n) is 1.14. The van der Waals surface area contributed by atoms with Crippen LogP contribution in [0.3, 0.4) is 0 Å². The van der Waals surface area contributed by atoms with Crippen LogP contribution in [0.15, 0.2) is 0 Å². The van der Waals surface area contributed by atoms with Crippen molar-refractivity contribution in [1.29, 1.82) is 0 Å². The second-order valence-corrected chi connectivity index (χ2v) is 3.40. The van der Waals surface area contributed by atoms with Gasteiger partial charge in [-0.1, -0.05) is 15.9 Å². The molecule has 0 bridgehead atoms. The van der Waals surface area contributed by atoms with Crippen LogP contribution >= 0.6 is 15.9 Å². The Balaban J connectivity index is 2.12. The van der Waals surface area contributed by atoms with Gasteiger partial charge >= 0.3 is 0 Å². The molecular weight excluding hydrogens is 190 g/mol. The van der Waals surface area contributed by atoms with Gasteiger partial charge in [0.25, 0.3) is 0 Å². The molecule has 1 aliphatic rings. The van der Waals surface area contributed by atoms with Crippen molar-refractivity contribution in [2.75, 3.05) is 5.33 Å². The van der Waals surface area contributed by atoms with Crippen molar-refractivity contribution in [2.45, 2.75) is 25.2 Å². The highest BCUT2D eigenvalue weighted by atomic mass is 79.9. The maximum absolute atomic E-state index is 12.1. The van der Waals surface area contributed by atoms with Gasteiger partial charge in [0.2, 0.25) is 5.92 Å². The van der Waals surface area contributed by atoms with Gasteiger partial charge in [-0.25, -0.2) is 8.78 Å². The normalized spacial score (nSPS) is 25.7. The van der Waals surface area contributed by atoms with Gasteiger partial charge < -0.3 is 0 Å². The Bertz CT molecular complexity index is 95.2. The minimum atomic E-state index is -2.33. The van der Waals surface area contributed by atoms with Crippen molar-refractivity contribution in [3.05, 3.63) is 0 Å². The molecule has 0 amide bonds. The molecule has 1 rings (SSSR count). The lowest BCUT2D eigenvalue weighted by molar-refractivity contribution is -0.110. The first-order chi connectivity index (χ1) is 4.14. The zero-order valence-corrected chi connectivity index (χ0v) is 6.63. The number of rotatable bonds is 2. The summed E-state index contributed by atoms with van der Waals surface area (Å²) in [5, 5.41) is 0.855. The van der Waals surface area contributed by atoms with E-state index in [9.17, 15) is 8.78 Å². The molecule has 0 aromatic heterocycles. The number of halogens is 3. The summed E-state index contributed by atoms with van der Waals surface area (Å²) in [4.78, 5) is 0. The molecule has 0 nitrogen and oxygen atoms in total. The van der Waals surface area contributed by atoms with Gasteiger partial charge in [-0.2, -0.15) is 0 Å². The molecule has 0 aromatic rings. The topological polar surface area (TPSA) is 0 Å². The van der Waals surface area contributed by atoms with Crippen molar-refractivity contribution >= 4 is 15.9 Å². The van der Waals surface area contributed by atoms with E-state index in [4.69, 9.17) is 0 Å². The third-order valence-electron chi connectivity index (χ3n) is 1.69. The maximum atomic E-state index is 12.1. The SMILES string of the molecule is FC1(F)CC(CCBr)C1. The van der Waals surface area contributed by atoms with Crippen LogP contribution < -0.4 is 0 Å². The average Bonchev–Trinajstić information content (AvgIpc) is 1.62. The Morgan fingerprint density at radius 3 is 2.33 bits per heavy atom. The standard InChI is InChI=1S/C6H9BrF2/c7-2-1-5-3-6(8,9)4-5/h5H,1-4H2. The fourth-order valence-corrected chi connectivity index (χ4v) is 1.79. The Kier molecular flexibility index (Phi) is 2.09. The first kappa shape index (κ1) is 7.45. The summed E-state index contributed by atoms with van der Waals surface area (Å²) in [5.74, 6) is -2.05. The molecule has 1 saturated carbocycles. The monoisotopic (exact) mass is 198 g/mol. The van der Waals surface area contributed by atoms with Crippen LogP contribution in [-0.4, -0.2) is 11.3 Å². The number of hydrogen-bond donors (Lipinski definition) is 0. The first-order valence-electron chi connectivity index (χ1n) is 3.08. The lowest BCUT2D eigenvalue weighted by atomic mass is 9.80. The van der Waals surface area contributed by atoms with E-state index in [0.717, 1.165) is 11.8 Å². The van der Waals surface area contributed by atoms with Crippen LogP contribution in [0.2, 0.25) is 0 Å². The van der Waals surface area contributed by atoms with Gasteiger partial charge in [-0.15, -0.1) is 0 Å². The van der Waals surface area contributed by atoms with Gasteiger partial charge in [-0.05, 0) is 12.3 Å². The zero-order valence-electron chi connectivity index (χ0n) is 5.04. The van der Waals surface area contributed by atoms with E-state index in [-0.39, 0.29) is 18.8 Å². The van der Waals surface area contributed by atoms with Crippen LogP contribution in [0.1, 0.15) is 19.3 Å². The van der Waals surface area contributed by atoms with E-state index in [2.05, 4.69) is 15.9 Å². The Morgan fingerprint density at radius 1 is 1.44 bits per heavy atom. The summed E-state index contributed by atoms with van der Waals surface area (Å²) < 4.78 is 24.2. The van der Waals surface area contributed by atoms with E-state index in [0.29, 0.717) is 0 Å². The number of alkyl halides is 3. The van der Waals surface area contributed by atoms with Crippen LogP contribution in [0, 0.1) is 5.92 Å². The van der Waals surface area contributed by atoms with Gasteiger partial charge in [-0.3, -0.25) is 0 Å². The Labute approximate surface area is 61.8 Å². The molecule has 1 aliphatic carbocycles. The van der Waals surface area contributed by atoms with Crippen LogP contribution in [0.5, 0.6) is 0 Å². The average molecular weight is 199 g/mol. The van der Waals surface area contributed by atoms with Gasteiger partial charge in [0.05, 0.1) is 0 Å². The largest absolute Gasteiger partial charge is 0.248 e. The minimum Gasteiger partial charge on any atom is -0.207 e. The summed E-state index contributed by atoms with van der Waals surface area (Å²) in [5.41, 5.74) is 0. The van der Waals surface area contributed by atoms with Crippen molar-refractivity contribution in [3.8, 4) is 0 Å². The molecule has 1 fully saturated rings. The minimum absolute atomic E-state index is 0.110. The van der Waals surface area contributed by atoms with Crippen molar-refractivity contribution in [3.63, 3.8) is 0 Å². The van der Waals surface area contributed by atoms with Gasteiger partial charge in [0, 0.05) is 18.2 Å². The predicted molar refractivity (Wildman–Crippen MR) is 36.1 cm³/mol. The Morgan fingerprint density at radius 2 is 2.00 bits per heavy atom. The molecule has 0 saturated heterocycles. The summed E-state index contributed by atoms with van der Waals surface area (Å²) in [6, 6.07) is 0. The lowest BCUT2D eigenvalue weighted by Gasteiger charge is -2.34. The van der Waals surface area contributed by atoms with Crippen LogP contribution in [0.4, 0.5) is 8.78 Å². The Hall–Kier alpha value is 0.340. The van der Waals surface area contributed by atoms with E-state index >= 15 is 0 Å². The highest BCUT2D eigenvalue weighted by molar-refractivity contribution is 9.09. The quantitative estimate of drug-likeness (QED) is 0.600. The van der Waals surface area contributed by atoms with E-state index in [1.54, 1.807) is 0 Å². The van der Waals surface area contributed by atoms with Crippen LogP contribution in [-0.2, 0) is 0 Å². The highest BCUT2D eigenvalue weighted by Gasteiger charge is 2.44. The van der Waals surface area contributed by atoms with E-state index < -0.39 is 5.92 Å². The molecule has 0 unspecified atom stereocenters. The molecule has 0 aromatic carbocycles. The highest BCUT2D eigenvalue weighted by Crippen LogP contribution is 2.44.